The number of rotatable bonds is 6. The Bertz CT molecular complexity index is 340. The molecular weight excluding hydrogens is 399 g/mol. The summed E-state index contributed by atoms with van der Waals surface area (Å²) < 4.78 is 0.129. The summed E-state index contributed by atoms with van der Waals surface area (Å²) in [4.78, 5) is 16.1. The molecule has 0 heterocycles. The van der Waals surface area contributed by atoms with E-state index in [0.29, 0.717) is 5.96 Å². The SMILES string of the molecule is CCNC(=NCC(=O)NC(C)(C)C)NCC(C)(C)SC.I. The Morgan fingerprint density at radius 2 is 1.71 bits per heavy atom. The molecule has 0 aromatic heterocycles. The van der Waals surface area contributed by atoms with E-state index in [9.17, 15) is 4.79 Å². The molecule has 7 heteroatoms. The maximum Gasteiger partial charge on any atom is 0.242 e. The lowest BCUT2D eigenvalue weighted by Gasteiger charge is -2.24. The molecule has 0 saturated heterocycles. The van der Waals surface area contributed by atoms with E-state index in [4.69, 9.17) is 0 Å². The van der Waals surface area contributed by atoms with Crippen molar-refractivity contribution >= 4 is 47.6 Å². The van der Waals surface area contributed by atoms with Gasteiger partial charge in [-0.1, -0.05) is 0 Å². The summed E-state index contributed by atoms with van der Waals surface area (Å²) >= 11 is 1.79. The van der Waals surface area contributed by atoms with E-state index in [1.165, 1.54) is 0 Å². The molecule has 0 fully saturated rings. The number of amides is 1. The third-order valence-corrected chi connectivity index (χ3v) is 3.72. The molecule has 5 nitrogen and oxygen atoms in total. The van der Waals surface area contributed by atoms with Crippen molar-refractivity contribution in [3.8, 4) is 0 Å². The van der Waals surface area contributed by atoms with E-state index in [1.807, 2.05) is 27.7 Å². The standard InChI is InChI=1S/C14H30N4OS.HI/c1-8-15-12(17-10-14(5,6)20-7)16-9-11(19)18-13(2,3)4;/h8-10H2,1-7H3,(H,18,19)(H2,15,16,17);1H. The molecule has 0 rings (SSSR count). The first-order chi connectivity index (χ1) is 9.09. The van der Waals surface area contributed by atoms with E-state index in [1.54, 1.807) is 11.8 Å². The monoisotopic (exact) mass is 430 g/mol. The molecule has 0 aliphatic rings. The van der Waals surface area contributed by atoms with Crippen LogP contribution in [-0.2, 0) is 4.79 Å². The highest BCUT2D eigenvalue weighted by Gasteiger charge is 2.17. The summed E-state index contributed by atoms with van der Waals surface area (Å²) in [6, 6.07) is 0. The molecule has 1 amide bonds. The van der Waals surface area contributed by atoms with Crippen LogP contribution in [0.4, 0.5) is 0 Å². The van der Waals surface area contributed by atoms with Crippen LogP contribution in [0.25, 0.3) is 0 Å². The molecule has 0 aromatic rings. The van der Waals surface area contributed by atoms with Crippen molar-refractivity contribution in [3.05, 3.63) is 0 Å². The molecule has 0 aliphatic heterocycles. The quantitative estimate of drug-likeness (QED) is 0.344. The van der Waals surface area contributed by atoms with Crippen LogP contribution in [0, 0.1) is 0 Å². The van der Waals surface area contributed by atoms with Crippen molar-refractivity contribution in [2.24, 2.45) is 4.99 Å². The molecule has 0 unspecified atom stereocenters. The van der Waals surface area contributed by atoms with Crippen LogP contribution in [0.15, 0.2) is 4.99 Å². The molecule has 0 aliphatic carbocycles. The van der Waals surface area contributed by atoms with Crippen molar-refractivity contribution in [1.82, 2.24) is 16.0 Å². The van der Waals surface area contributed by atoms with Gasteiger partial charge in [-0.05, 0) is 47.8 Å². The highest BCUT2D eigenvalue weighted by Crippen LogP contribution is 2.19. The van der Waals surface area contributed by atoms with Gasteiger partial charge in [0.2, 0.25) is 5.91 Å². The number of carbonyl (C=O) groups excluding carboxylic acids is 1. The topological polar surface area (TPSA) is 65.5 Å². The Balaban J connectivity index is 0. The summed E-state index contributed by atoms with van der Waals surface area (Å²) in [5.41, 5.74) is -0.223. The average Bonchev–Trinajstić information content (AvgIpc) is 2.30. The van der Waals surface area contributed by atoms with Gasteiger partial charge in [-0.2, -0.15) is 11.8 Å². The summed E-state index contributed by atoms with van der Waals surface area (Å²) in [5.74, 6) is 0.609. The molecule has 0 atom stereocenters. The maximum absolute atomic E-state index is 11.7. The van der Waals surface area contributed by atoms with Crippen LogP contribution < -0.4 is 16.0 Å². The zero-order valence-corrected chi connectivity index (χ0v) is 17.4. The first kappa shape index (κ1) is 23.1. The van der Waals surface area contributed by atoms with E-state index in [-0.39, 0.29) is 46.7 Å². The minimum Gasteiger partial charge on any atom is -0.357 e. The number of guanidine groups is 1. The molecule has 0 aromatic carbocycles. The molecule has 0 bridgehead atoms. The van der Waals surface area contributed by atoms with E-state index in [0.717, 1.165) is 13.1 Å². The second-order valence-electron chi connectivity index (χ2n) is 6.31. The molecule has 0 saturated carbocycles. The number of nitrogens with one attached hydrogen (secondary N) is 3. The largest absolute Gasteiger partial charge is 0.357 e. The fraction of sp³-hybridized carbons (Fsp3) is 0.857. The van der Waals surface area contributed by atoms with Crippen molar-refractivity contribution in [2.75, 3.05) is 25.9 Å². The minimum atomic E-state index is -0.223. The van der Waals surface area contributed by atoms with Crippen LogP contribution in [0.3, 0.4) is 0 Å². The molecule has 21 heavy (non-hydrogen) atoms. The maximum atomic E-state index is 11.7. The van der Waals surface area contributed by atoms with E-state index in [2.05, 4.69) is 41.0 Å². The van der Waals surface area contributed by atoms with Crippen molar-refractivity contribution in [2.45, 2.75) is 51.8 Å². The molecule has 0 spiro atoms. The van der Waals surface area contributed by atoms with Gasteiger partial charge in [-0.25, -0.2) is 4.99 Å². The Kier molecular flexibility index (Phi) is 11.6. The number of aliphatic imine (C=N–C) groups is 1. The predicted molar refractivity (Wildman–Crippen MR) is 105 cm³/mol. The lowest BCUT2D eigenvalue weighted by atomic mass is 10.1. The van der Waals surface area contributed by atoms with Gasteiger partial charge in [-0.3, -0.25) is 4.79 Å². The number of hydrogen-bond acceptors (Lipinski definition) is 3. The lowest BCUT2D eigenvalue weighted by molar-refractivity contribution is -0.121. The van der Waals surface area contributed by atoms with Gasteiger partial charge < -0.3 is 16.0 Å². The first-order valence-corrected chi connectivity index (χ1v) is 8.20. The second-order valence-corrected chi connectivity index (χ2v) is 7.82. The highest BCUT2D eigenvalue weighted by atomic mass is 127. The van der Waals surface area contributed by atoms with Gasteiger partial charge in [0.05, 0.1) is 0 Å². The first-order valence-electron chi connectivity index (χ1n) is 6.98. The zero-order valence-electron chi connectivity index (χ0n) is 14.3. The molecule has 126 valence electrons. The Labute approximate surface area is 150 Å². The zero-order chi connectivity index (χ0) is 15.8. The van der Waals surface area contributed by atoms with Crippen LogP contribution in [0.2, 0.25) is 0 Å². The molecule has 3 N–H and O–H groups in total. The van der Waals surface area contributed by atoms with Gasteiger partial charge in [0.25, 0.3) is 0 Å². The van der Waals surface area contributed by atoms with Crippen LogP contribution >= 0.6 is 35.7 Å². The van der Waals surface area contributed by atoms with Gasteiger partial charge in [-0.15, -0.1) is 24.0 Å². The van der Waals surface area contributed by atoms with Crippen molar-refractivity contribution < 1.29 is 4.79 Å². The third-order valence-electron chi connectivity index (χ3n) is 2.47. The third kappa shape index (κ3) is 13.2. The van der Waals surface area contributed by atoms with E-state index < -0.39 is 0 Å². The normalized spacial score (nSPS) is 12.4. The van der Waals surface area contributed by atoms with Crippen LogP contribution in [-0.4, -0.2) is 48.0 Å². The second kappa shape index (κ2) is 10.5. The molecule has 0 radical (unpaired) electrons. The van der Waals surface area contributed by atoms with E-state index >= 15 is 0 Å². The predicted octanol–water partition coefficient (Wildman–Crippen LogP) is 2.22. The molecular formula is C14H31IN4OS. The summed E-state index contributed by atoms with van der Waals surface area (Å²) in [5, 5.41) is 9.31. The fourth-order valence-electron chi connectivity index (χ4n) is 1.32. The lowest BCUT2D eigenvalue weighted by Crippen LogP contribution is -2.45. The van der Waals surface area contributed by atoms with Gasteiger partial charge in [0, 0.05) is 23.4 Å². The van der Waals surface area contributed by atoms with Crippen molar-refractivity contribution in [3.63, 3.8) is 0 Å². The highest BCUT2D eigenvalue weighted by molar-refractivity contribution is 14.0. The van der Waals surface area contributed by atoms with Gasteiger partial charge in [0.15, 0.2) is 5.96 Å². The van der Waals surface area contributed by atoms with Gasteiger partial charge >= 0.3 is 0 Å². The number of halogens is 1. The number of hydrogen-bond donors (Lipinski definition) is 3. The Hall–Kier alpha value is -0.180. The fourth-order valence-corrected chi connectivity index (χ4v) is 1.54. The number of thioether (sulfide) groups is 1. The summed E-state index contributed by atoms with van der Waals surface area (Å²) in [6.45, 7) is 13.9. The van der Waals surface area contributed by atoms with Gasteiger partial charge in [0.1, 0.15) is 6.54 Å². The van der Waals surface area contributed by atoms with Crippen molar-refractivity contribution in [1.29, 1.82) is 0 Å². The Morgan fingerprint density at radius 1 is 1.14 bits per heavy atom. The average molecular weight is 430 g/mol. The minimum absolute atomic E-state index is 0. The summed E-state index contributed by atoms with van der Waals surface area (Å²) in [6.07, 6.45) is 2.09. The Morgan fingerprint density at radius 3 is 2.14 bits per heavy atom. The smallest absolute Gasteiger partial charge is 0.242 e. The van der Waals surface area contributed by atoms with Crippen LogP contribution in [0.5, 0.6) is 0 Å². The number of carbonyl (C=O) groups is 1. The van der Waals surface area contributed by atoms with Crippen LogP contribution in [0.1, 0.15) is 41.5 Å². The number of nitrogens with zero attached hydrogens (tertiary/aromatic N) is 1. The summed E-state index contributed by atoms with van der Waals surface area (Å²) in [7, 11) is 0.